The molecule has 13 heavy (non-hydrogen) atoms. The molecule has 0 fully saturated rings. The summed E-state index contributed by atoms with van der Waals surface area (Å²) < 4.78 is 0. The molecule has 0 bridgehead atoms. The lowest BCUT2D eigenvalue weighted by Crippen LogP contribution is -2.31. The molecule has 1 heterocycles. The second-order valence-corrected chi connectivity index (χ2v) is 2.49. The molecule has 5 nitrogen and oxygen atoms in total. The van der Waals surface area contributed by atoms with Gasteiger partial charge in [0.2, 0.25) is 0 Å². The first-order valence-corrected chi connectivity index (χ1v) is 3.53. The van der Waals surface area contributed by atoms with Gasteiger partial charge in [-0.25, -0.2) is 15.8 Å². The molecule has 3 N–H and O–H groups in total. The van der Waals surface area contributed by atoms with Crippen molar-refractivity contribution in [2.24, 2.45) is 5.84 Å². The van der Waals surface area contributed by atoms with Crippen molar-refractivity contribution in [1.82, 2.24) is 15.4 Å². The fraction of sp³-hybridized carbons (Fsp3) is 0.167. The predicted molar refractivity (Wildman–Crippen MR) is 50.7 cm³/mol. The van der Waals surface area contributed by atoms with Crippen LogP contribution in [0.4, 0.5) is 0 Å². The summed E-state index contributed by atoms with van der Waals surface area (Å²) in [6.07, 6.45) is 1.36. The zero-order chi connectivity index (χ0) is 9.14. The maximum absolute atomic E-state index is 11.0. The van der Waals surface area contributed by atoms with Crippen molar-refractivity contribution in [1.29, 1.82) is 0 Å². The number of hydrogen-bond donors (Lipinski definition) is 2. The van der Waals surface area contributed by atoms with Crippen LogP contribution in [0.3, 0.4) is 0 Å². The molecule has 1 aromatic rings. The molecule has 1 aromatic heterocycles. The normalized spacial score (nSPS) is 8.85. The van der Waals surface area contributed by atoms with Crippen LogP contribution >= 0.6 is 24.0 Å². The first-order valence-electron chi connectivity index (χ1n) is 3.15. The number of halogens is 2. The number of hydrazine groups is 1. The summed E-state index contributed by atoms with van der Waals surface area (Å²) in [6.45, 7) is 1.66. The molecule has 0 radical (unpaired) electrons. The number of aryl methyl sites for hydroxylation is 1. The third kappa shape index (κ3) is 2.80. The Morgan fingerprint density at radius 1 is 1.69 bits per heavy atom. The van der Waals surface area contributed by atoms with Gasteiger partial charge in [-0.2, -0.15) is 0 Å². The van der Waals surface area contributed by atoms with E-state index < -0.39 is 5.91 Å². The van der Waals surface area contributed by atoms with Crippen molar-refractivity contribution < 1.29 is 4.79 Å². The van der Waals surface area contributed by atoms with Crippen molar-refractivity contribution >= 4 is 29.9 Å². The van der Waals surface area contributed by atoms with Gasteiger partial charge in [0.25, 0.3) is 5.91 Å². The van der Waals surface area contributed by atoms with E-state index in [9.17, 15) is 4.79 Å². The van der Waals surface area contributed by atoms with Crippen LogP contribution in [0.25, 0.3) is 0 Å². The van der Waals surface area contributed by atoms with Crippen molar-refractivity contribution in [2.75, 3.05) is 0 Å². The number of carbonyl (C=O) groups is 1. The number of nitrogens with two attached hydrogens (primary N) is 1. The van der Waals surface area contributed by atoms with Crippen molar-refractivity contribution in [3.05, 3.63) is 22.7 Å². The Hall–Kier alpha value is -0.910. The third-order valence-corrected chi connectivity index (χ3v) is 1.49. The lowest BCUT2D eigenvalue weighted by Gasteiger charge is -2.00. The Morgan fingerprint density at radius 2 is 2.31 bits per heavy atom. The van der Waals surface area contributed by atoms with Crippen LogP contribution in [0.15, 0.2) is 6.20 Å². The molecule has 0 atom stereocenters. The fourth-order valence-electron chi connectivity index (χ4n) is 0.683. The number of carbonyl (C=O) groups excluding carboxylic acids is 1. The van der Waals surface area contributed by atoms with Gasteiger partial charge in [-0.1, -0.05) is 11.6 Å². The predicted octanol–water partition coefficient (Wildman–Crippen LogP) is 0.464. The van der Waals surface area contributed by atoms with Crippen LogP contribution in [0.2, 0.25) is 5.02 Å². The molecule has 0 aliphatic carbocycles. The molecule has 7 heteroatoms. The number of nitrogens with zero attached hydrogens (tertiary/aromatic N) is 2. The molecule has 1 amide bonds. The van der Waals surface area contributed by atoms with E-state index in [4.69, 9.17) is 17.4 Å². The van der Waals surface area contributed by atoms with E-state index in [1.807, 2.05) is 5.43 Å². The summed E-state index contributed by atoms with van der Waals surface area (Å²) in [5, 5.41) is 0.184. The second kappa shape index (κ2) is 4.96. The Labute approximate surface area is 86.1 Å². The first-order chi connectivity index (χ1) is 5.65. The SMILES string of the molecule is Cc1ncc(Cl)c(C(=O)NN)n1.Cl. The number of hydrogen-bond acceptors (Lipinski definition) is 4. The molecule has 0 aliphatic heterocycles. The monoisotopic (exact) mass is 222 g/mol. The van der Waals surface area contributed by atoms with E-state index in [-0.39, 0.29) is 23.1 Å². The molecule has 0 unspecified atom stereocenters. The Balaban J connectivity index is 0.00000144. The highest BCUT2D eigenvalue weighted by Gasteiger charge is 2.10. The maximum atomic E-state index is 11.0. The number of aromatic nitrogens is 2. The third-order valence-electron chi connectivity index (χ3n) is 1.21. The Bertz CT molecular complexity index is 318. The van der Waals surface area contributed by atoms with Gasteiger partial charge < -0.3 is 0 Å². The van der Waals surface area contributed by atoms with Crippen molar-refractivity contribution in [2.45, 2.75) is 6.92 Å². The van der Waals surface area contributed by atoms with Crippen LogP contribution in [0.1, 0.15) is 16.3 Å². The first kappa shape index (κ1) is 12.1. The number of rotatable bonds is 1. The standard InChI is InChI=1S/C6H7ClN4O.ClH/c1-3-9-2-4(7)5(10-3)6(12)11-8;/h2H,8H2,1H3,(H,11,12);1H. The summed E-state index contributed by atoms with van der Waals surface area (Å²) in [7, 11) is 0. The van der Waals surface area contributed by atoms with E-state index in [0.29, 0.717) is 5.82 Å². The summed E-state index contributed by atoms with van der Waals surface area (Å²) in [4.78, 5) is 18.6. The van der Waals surface area contributed by atoms with Crippen LogP contribution in [0, 0.1) is 6.92 Å². The van der Waals surface area contributed by atoms with E-state index in [2.05, 4.69) is 9.97 Å². The summed E-state index contributed by atoms with van der Waals surface area (Å²) in [5.74, 6) is 4.85. The average Bonchev–Trinajstić information content (AvgIpc) is 2.08. The van der Waals surface area contributed by atoms with Gasteiger partial charge in [0, 0.05) is 0 Å². The van der Waals surface area contributed by atoms with Gasteiger partial charge in [0.1, 0.15) is 5.82 Å². The lowest BCUT2D eigenvalue weighted by atomic mass is 10.4. The second-order valence-electron chi connectivity index (χ2n) is 2.09. The number of amides is 1. The minimum absolute atomic E-state index is 0. The molecule has 0 spiro atoms. The molecule has 72 valence electrons. The van der Waals surface area contributed by atoms with Crippen LogP contribution < -0.4 is 11.3 Å². The quantitative estimate of drug-likeness (QED) is 0.411. The van der Waals surface area contributed by atoms with E-state index >= 15 is 0 Å². The van der Waals surface area contributed by atoms with Gasteiger partial charge >= 0.3 is 0 Å². The molecule has 0 saturated heterocycles. The highest BCUT2D eigenvalue weighted by atomic mass is 35.5. The van der Waals surface area contributed by atoms with Crippen LogP contribution in [-0.2, 0) is 0 Å². The van der Waals surface area contributed by atoms with E-state index in [1.165, 1.54) is 6.20 Å². The van der Waals surface area contributed by atoms with E-state index in [0.717, 1.165) is 0 Å². The van der Waals surface area contributed by atoms with Gasteiger partial charge in [0.05, 0.1) is 11.2 Å². The summed E-state index contributed by atoms with van der Waals surface area (Å²) >= 11 is 5.63. The minimum atomic E-state index is -0.523. The molecular weight excluding hydrogens is 215 g/mol. The largest absolute Gasteiger partial charge is 0.289 e. The lowest BCUT2D eigenvalue weighted by molar-refractivity contribution is 0.0948. The fourth-order valence-corrected chi connectivity index (χ4v) is 0.860. The maximum Gasteiger partial charge on any atom is 0.285 e. The number of nitrogens with one attached hydrogen (secondary N) is 1. The minimum Gasteiger partial charge on any atom is -0.289 e. The molecule has 1 rings (SSSR count). The number of nitrogen functional groups attached to an aromatic ring is 1. The van der Waals surface area contributed by atoms with Gasteiger partial charge in [-0.15, -0.1) is 12.4 Å². The van der Waals surface area contributed by atoms with Crippen molar-refractivity contribution in [3.63, 3.8) is 0 Å². The highest BCUT2D eigenvalue weighted by Crippen LogP contribution is 2.10. The smallest absolute Gasteiger partial charge is 0.285 e. The topological polar surface area (TPSA) is 80.9 Å². The van der Waals surface area contributed by atoms with Gasteiger partial charge in [-0.05, 0) is 6.92 Å². The molecule has 0 aromatic carbocycles. The van der Waals surface area contributed by atoms with E-state index in [1.54, 1.807) is 6.92 Å². The molecule has 0 aliphatic rings. The zero-order valence-electron chi connectivity index (χ0n) is 6.74. The van der Waals surface area contributed by atoms with Crippen LogP contribution in [-0.4, -0.2) is 15.9 Å². The van der Waals surface area contributed by atoms with Crippen LogP contribution in [0.5, 0.6) is 0 Å². The molecular formula is C6H8Cl2N4O. The average molecular weight is 223 g/mol. The summed E-state index contributed by atoms with van der Waals surface area (Å²) in [5.41, 5.74) is 2.03. The van der Waals surface area contributed by atoms with Crippen molar-refractivity contribution in [3.8, 4) is 0 Å². The Morgan fingerprint density at radius 3 is 2.85 bits per heavy atom. The Kier molecular flexibility index (Phi) is 4.61. The van der Waals surface area contributed by atoms with Gasteiger partial charge in [0.15, 0.2) is 5.69 Å². The van der Waals surface area contributed by atoms with Gasteiger partial charge in [-0.3, -0.25) is 10.2 Å². The summed E-state index contributed by atoms with van der Waals surface area (Å²) in [6, 6.07) is 0. The highest BCUT2D eigenvalue weighted by molar-refractivity contribution is 6.33. The molecule has 0 saturated carbocycles. The zero-order valence-corrected chi connectivity index (χ0v) is 8.32.